The van der Waals surface area contributed by atoms with Crippen molar-refractivity contribution in [3.63, 3.8) is 0 Å². The molecule has 0 spiro atoms. The van der Waals surface area contributed by atoms with Crippen LogP contribution in [0, 0.1) is 6.92 Å². The van der Waals surface area contributed by atoms with Crippen LogP contribution in [0.4, 0.5) is 4.79 Å². The first-order chi connectivity index (χ1) is 13.9. The van der Waals surface area contributed by atoms with Crippen molar-refractivity contribution in [3.8, 4) is 0 Å². The first-order valence-electron chi connectivity index (χ1n) is 9.11. The van der Waals surface area contributed by atoms with Crippen LogP contribution in [0.2, 0.25) is 5.15 Å². The van der Waals surface area contributed by atoms with Gasteiger partial charge in [-0.1, -0.05) is 41.9 Å². The van der Waals surface area contributed by atoms with Gasteiger partial charge in [-0.2, -0.15) is 5.10 Å². The molecule has 1 aromatic carbocycles. The first kappa shape index (κ1) is 20.6. The third-order valence-electron chi connectivity index (χ3n) is 4.43. The molecule has 1 aliphatic rings. The maximum atomic E-state index is 12.2. The number of esters is 1. The van der Waals surface area contributed by atoms with E-state index in [0.29, 0.717) is 29.5 Å². The summed E-state index contributed by atoms with van der Waals surface area (Å²) in [5.74, 6) is -1.27. The number of rotatable bonds is 6. The van der Waals surface area contributed by atoms with Gasteiger partial charge in [-0.25, -0.2) is 14.3 Å². The number of carbonyl (C=O) groups excluding carboxylic acids is 3. The van der Waals surface area contributed by atoms with Crippen molar-refractivity contribution in [3.05, 3.63) is 58.4 Å². The summed E-state index contributed by atoms with van der Waals surface area (Å²) in [4.78, 5) is 36.8. The predicted octanol–water partition coefficient (Wildman–Crippen LogP) is 2.39. The molecule has 1 N–H and O–H groups in total. The summed E-state index contributed by atoms with van der Waals surface area (Å²) in [7, 11) is 0. The van der Waals surface area contributed by atoms with E-state index in [-0.39, 0.29) is 6.54 Å². The number of amides is 3. The summed E-state index contributed by atoms with van der Waals surface area (Å²) < 4.78 is 6.76. The number of benzene rings is 1. The highest BCUT2D eigenvalue weighted by Gasteiger charge is 2.31. The Morgan fingerprint density at radius 2 is 2.07 bits per heavy atom. The lowest BCUT2D eigenvalue weighted by molar-refractivity contribution is -0.153. The molecule has 152 valence electrons. The Morgan fingerprint density at radius 1 is 1.34 bits per heavy atom. The van der Waals surface area contributed by atoms with Gasteiger partial charge in [0.1, 0.15) is 5.15 Å². The molecule has 0 unspecified atom stereocenters. The molecular formula is C20H21ClN4O4. The molecular weight excluding hydrogens is 396 g/mol. The van der Waals surface area contributed by atoms with Gasteiger partial charge in [0.2, 0.25) is 0 Å². The van der Waals surface area contributed by atoms with Crippen LogP contribution in [0.25, 0.3) is 6.08 Å². The lowest BCUT2D eigenvalue weighted by Crippen LogP contribution is -2.41. The highest BCUT2D eigenvalue weighted by atomic mass is 35.5. The zero-order valence-corrected chi connectivity index (χ0v) is 16.8. The molecule has 1 saturated heterocycles. The van der Waals surface area contributed by atoms with E-state index >= 15 is 0 Å². The van der Waals surface area contributed by atoms with Crippen molar-refractivity contribution in [2.45, 2.75) is 26.5 Å². The Bertz CT molecular complexity index is 955. The molecule has 3 rings (SSSR count). The SMILES string of the molecule is Cc1nn(Cc2ccccc2)c(Cl)c1/C=C/C(=O)O[C@H](C)C(=O)N1CCNC1=O. The maximum Gasteiger partial charge on any atom is 0.331 e. The Kier molecular flexibility index (Phi) is 6.33. The van der Waals surface area contributed by atoms with Gasteiger partial charge in [0.25, 0.3) is 5.91 Å². The predicted molar refractivity (Wildman–Crippen MR) is 107 cm³/mol. The number of urea groups is 1. The topological polar surface area (TPSA) is 93.5 Å². The smallest absolute Gasteiger partial charge is 0.331 e. The normalized spacial score (nSPS) is 14.9. The Labute approximate surface area is 173 Å². The van der Waals surface area contributed by atoms with Gasteiger partial charge < -0.3 is 10.1 Å². The number of aromatic nitrogens is 2. The third kappa shape index (κ3) is 4.83. The molecule has 29 heavy (non-hydrogen) atoms. The molecule has 9 heteroatoms. The average Bonchev–Trinajstić information content (AvgIpc) is 3.23. The number of ether oxygens (including phenoxy) is 1. The van der Waals surface area contributed by atoms with Crippen molar-refractivity contribution < 1.29 is 19.1 Å². The number of hydrogen-bond acceptors (Lipinski definition) is 5. The standard InChI is InChI=1S/C20H21ClN4O4/c1-13-16(18(21)25(23-13)12-15-6-4-3-5-7-15)8-9-17(26)29-14(2)19(27)24-11-10-22-20(24)28/h3-9,14H,10-12H2,1-2H3,(H,22,28)/b9-8+/t14-/m1/s1. The fraction of sp³-hybridized carbons (Fsp3) is 0.300. The second-order valence-electron chi connectivity index (χ2n) is 6.57. The van der Waals surface area contributed by atoms with Crippen molar-refractivity contribution in [1.82, 2.24) is 20.0 Å². The number of carbonyl (C=O) groups is 3. The maximum absolute atomic E-state index is 12.2. The van der Waals surface area contributed by atoms with Crippen LogP contribution in [0.15, 0.2) is 36.4 Å². The van der Waals surface area contributed by atoms with Gasteiger partial charge in [0.05, 0.1) is 12.2 Å². The second-order valence-corrected chi connectivity index (χ2v) is 6.93. The minimum Gasteiger partial charge on any atom is -0.449 e. The minimum atomic E-state index is -1.08. The Hall–Kier alpha value is -3.13. The van der Waals surface area contributed by atoms with Crippen LogP contribution in [-0.4, -0.2) is 51.8 Å². The summed E-state index contributed by atoms with van der Waals surface area (Å²) in [5, 5.41) is 7.33. The van der Waals surface area contributed by atoms with E-state index < -0.39 is 24.0 Å². The van der Waals surface area contributed by atoms with Crippen molar-refractivity contribution >= 4 is 35.6 Å². The monoisotopic (exact) mass is 416 g/mol. The molecule has 1 fully saturated rings. The van der Waals surface area contributed by atoms with Crippen molar-refractivity contribution in [2.24, 2.45) is 0 Å². The number of nitrogens with one attached hydrogen (secondary N) is 1. The van der Waals surface area contributed by atoms with Gasteiger partial charge >= 0.3 is 12.0 Å². The van der Waals surface area contributed by atoms with E-state index in [2.05, 4.69) is 10.4 Å². The molecule has 3 amide bonds. The van der Waals surface area contributed by atoms with E-state index in [1.54, 1.807) is 11.6 Å². The lowest BCUT2D eigenvalue weighted by Gasteiger charge is -2.17. The molecule has 1 atom stereocenters. The quantitative estimate of drug-likeness (QED) is 0.576. The molecule has 8 nitrogen and oxygen atoms in total. The number of hydrogen-bond donors (Lipinski definition) is 1. The highest BCUT2D eigenvalue weighted by molar-refractivity contribution is 6.31. The summed E-state index contributed by atoms with van der Waals surface area (Å²) in [6.45, 7) is 4.36. The Balaban J connectivity index is 1.64. The molecule has 2 aromatic rings. The fourth-order valence-electron chi connectivity index (χ4n) is 2.93. The highest BCUT2D eigenvalue weighted by Crippen LogP contribution is 2.22. The molecule has 2 heterocycles. The lowest BCUT2D eigenvalue weighted by atomic mass is 10.2. The summed E-state index contributed by atoms with van der Waals surface area (Å²) >= 11 is 6.41. The van der Waals surface area contributed by atoms with Crippen molar-refractivity contribution in [2.75, 3.05) is 13.1 Å². The number of aryl methyl sites for hydroxylation is 1. The van der Waals surface area contributed by atoms with Crippen LogP contribution in [-0.2, 0) is 20.9 Å². The van der Waals surface area contributed by atoms with Crippen LogP contribution in [0.5, 0.6) is 0 Å². The fourth-order valence-corrected chi connectivity index (χ4v) is 3.23. The second kappa shape index (κ2) is 8.91. The van der Waals surface area contributed by atoms with Gasteiger partial charge in [-0.3, -0.25) is 9.69 Å². The zero-order valence-electron chi connectivity index (χ0n) is 16.1. The minimum absolute atomic E-state index is 0.255. The first-order valence-corrected chi connectivity index (χ1v) is 9.49. The zero-order chi connectivity index (χ0) is 21.0. The summed E-state index contributed by atoms with van der Waals surface area (Å²) in [6, 6.07) is 9.26. The van der Waals surface area contributed by atoms with Crippen LogP contribution < -0.4 is 5.32 Å². The summed E-state index contributed by atoms with van der Waals surface area (Å²) in [5.41, 5.74) is 2.30. The van der Waals surface area contributed by atoms with Crippen molar-refractivity contribution in [1.29, 1.82) is 0 Å². The van der Waals surface area contributed by atoms with E-state index in [4.69, 9.17) is 16.3 Å². The Morgan fingerprint density at radius 3 is 2.72 bits per heavy atom. The number of nitrogens with zero attached hydrogens (tertiary/aromatic N) is 3. The molecule has 1 aromatic heterocycles. The van der Waals surface area contributed by atoms with Crippen LogP contribution in [0.3, 0.4) is 0 Å². The number of halogens is 1. The van der Waals surface area contributed by atoms with E-state index in [0.717, 1.165) is 10.5 Å². The van der Waals surface area contributed by atoms with Gasteiger partial charge in [0.15, 0.2) is 6.10 Å². The van der Waals surface area contributed by atoms with E-state index in [9.17, 15) is 14.4 Å². The third-order valence-corrected chi connectivity index (χ3v) is 4.83. The van der Waals surface area contributed by atoms with E-state index in [1.807, 2.05) is 30.3 Å². The molecule has 0 saturated carbocycles. The van der Waals surface area contributed by atoms with E-state index in [1.165, 1.54) is 19.1 Å². The van der Waals surface area contributed by atoms with Crippen LogP contribution in [0.1, 0.15) is 23.7 Å². The molecule has 0 bridgehead atoms. The molecule has 1 aliphatic heterocycles. The average molecular weight is 417 g/mol. The largest absolute Gasteiger partial charge is 0.449 e. The van der Waals surface area contributed by atoms with Gasteiger partial charge in [-0.15, -0.1) is 0 Å². The van der Waals surface area contributed by atoms with Crippen LogP contribution >= 0.6 is 11.6 Å². The van der Waals surface area contributed by atoms with Gasteiger partial charge in [0, 0.05) is 24.7 Å². The number of imide groups is 1. The summed E-state index contributed by atoms with van der Waals surface area (Å²) in [6.07, 6.45) is 1.62. The molecule has 0 radical (unpaired) electrons. The van der Waals surface area contributed by atoms with Gasteiger partial charge in [-0.05, 0) is 25.5 Å². The molecule has 0 aliphatic carbocycles.